The Labute approximate surface area is 99.1 Å². The minimum absolute atomic E-state index is 0.323. The van der Waals surface area contributed by atoms with Crippen molar-refractivity contribution in [2.24, 2.45) is 0 Å². The van der Waals surface area contributed by atoms with Crippen LogP contribution in [0.2, 0.25) is 0 Å². The van der Waals surface area contributed by atoms with Gasteiger partial charge in [-0.2, -0.15) is 0 Å². The summed E-state index contributed by atoms with van der Waals surface area (Å²) in [5.74, 6) is 0.323. The van der Waals surface area contributed by atoms with Gasteiger partial charge in [0.25, 0.3) is 0 Å². The maximum Gasteiger partial charge on any atom is 0.220 e. The maximum absolute atomic E-state index is 5.63. The number of anilines is 1. The van der Waals surface area contributed by atoms with E-state index in [1.807, 2.05) is 25.1 Å². The number of rotatable bonds is 2. The molecule has 0 atom stereocenters. The van der Waals surface area contributed by atoms with E-state index in [1.165, 1.54) is 4.90 Å². The van der Waals surface area contributed by atoms with Gasteiger partial charge in [0.2, 0.25) is 5.95 Å². The van der Waals surface area contributed by atoms with E-state index < -0.39 is 0 Å². The first kappa shape index (κ1) is 11.0. The van der Waals surface area contributed by atoms with Crippen molar-refractivity contribution >= 4 is 17.7 Å². The van der Waals surface area contributed by atoms with Crippen molar-refractivity contribution in [3.8, 4) is 11.3 Å². The number of hydrogen-bond acceptors (Lipinski definition) is 4. The molecule has 82 valence electrons. The molecule has 2 rings (SSSR count). The molecule has 0 saturated carbocycles. The Kier molecular flexibility index (Phi) is 3.10. The Hall–Kier alpha value is -1.55. The van der Waals surface area contributed by atoms with Gasteiger partial charge in [-0.15, -0.1) is 11.8 Å². The third-order valence-corrected chi connectivity index (χ3v) is 3.00. The van der Waals surface area contributed by atoms with Crippen molar-refractivity contribution in [1.82, 2.24) is 9.97 Å². The first-order valence-electron chi connectivity index (χ1n) is 4.94. The molecule has 1 aromatic heterocycles. The van der Waals surface area contributed by atoms with E-state index in [4.69, 9.17) is 5.73 Å². The molecule has 0 radical (unpaired) electrons. The largest absolute Gasteiger partial charge is 0.368 e. The van der Waals surface area contributed by atoms with E-state index in [2.05, 4.69) is 28.4 Å². The molecular weight excluding hydrogens is 218 g/mol. The predicted molar refractivity (Wildman–Crippen MR) is 68.4 cm³/mol. The minimum Gasteiger partial charge on any atom is -0.368 e. The number of nitrogen functional groups attached to an aromatic ring is 1. The van der Waals surface area contributed by atoms with E-state index >= 15 is 0 Å². The van der Waals surface area contributed by atoms with Gasteiger partial charge in [-0.1, -0.05) is 12.1 Å². The third kappa shape index (κ3) is 2.33. The highest BCUT2D eigenvalue weighted by molar-refractivity contribution is 7.98. The molecule has 16 heavy (non-hydrogen) atoms. The molecule has 0 bridgehead atoms. The van der Waals surface area contributed by atoms with Crippen molar-refractivity contribution in [3.63, 3.8) is 0 Å². The molecule has 0 amide bonds. The molecule has 0 spiro atoms. The lowest BCUT2D eigenvalue weighted by Crippen LogP contribution is -1.98. The zero-order chi connectivity index (χ0) is 11.5. The first-order chi connectivity index (χ1) is 7.69. The van der Waals surface area contributed by atoms with Gasteiger partial charge < -0.3 is 5.73 Å². The van der Waals surface area contributed by atoms with E-state index in [-0.39, 0.29) is 0 Å². The average Bonchev–Trinajstić information content (AvgIpc) is 2.28. The van der Waals surface area contributed by atoms with Crippen LogP contribution in [0, 0.1) is 6.92 Å². The molecule has 0 aliphatic rings. The summed E-state index contributed by atoms with van der Waals surface area (Å²) in [7, 11) is 0. The van der Waals surface area contributed by atoms with Gasteiger partial charge >= 0.3 is 0 Å². The zero-order valence-electron chi connectivity index (χ0n) is 9.27. The maximum atomic E-state index is 5.63. The highest BCUT2D eigenvalue weighted by atomic mass is 32.2. The van der Waals surface area contributed by atoms with Crippen molar-refractivity contribution in [1.29, 1.82) is 0 Å². The first-order valence-corrected chi connectivity index (χ1v) is 6.17. The number of hydrogen-bond donors (Lipinski definition) is 1. The van der Waals surface area contributed by atoms with Crippen LogP contribution >= 0.6 is 11.8 Å². The summed E-state index contributed by atoms with van der Waals surface area (Å²) in [6.45, 7) is 1.91. The van der Waals surface area contributed by atoms with Crippen molar-refractivity contribution in [2.45, 2.75) is 11.8 Å². The third-order valence-electron chi connectivity index (χ3n) is 2.26. The van der Waals surface area contributed by atoms with Crippen LogP contribution in [-0.2, 0) is 0 Å². The molecule has 0 saturated heterocycles. The Balaban J connectivity index is 2.42. The van der Waals surface area contributed by atoms with Crippen molar-refractivity contribution in [2.75, 3.05) is 12.0 Å². The lowest BCUT2D eigenvalue weighted by Gasteiger charge is -2.04. The topological polar surface area (TPSA) is 51.8 Å². The second kappa shape index (κ2) is 4.53. The number of thioether (sulfide) groups is 1. The lowest BCUT2D eigenvalue weighted by atomic mass is 10.1. The molecule has 1 heterocycles. The van der Waals surface area contributed by atoms with E-state index in [0.29, 0.717) is 5.95 Å². The van der Waals surface area contributed by atoms with Crippen LogP contribution in [0.3, 0.4) is 0 Å². The van der Waals surface area contributed by atoms with Crippen LogP contribution in [0.1, 0.15) is 5.69 Å². The fraction of sp³-hybridized carbons (Fsp3) is 0.167. The van der Waals surface area contributed by atoms with Crippen LogP contribution in [0.5, 0.6) is 0 Å². The summed E-state index contributed by atoms with van der Waals surface area (Å²) in [6, 6.07) is 10.2. The minimum atomic E-state index is 0.323. The van der Waals surface area contributed by atoms with Crippen molar-refractivity contribution in [3.05, 3.63) is 36.0 Å². The van der Waals surface area contributed by atoms with Gasteiger partial charge in [-0.25, -0.2) is 9.97 Å². The van der Waals surface area contributed by atoms with Crippen LogP contribution < -0.4 is 5.73 Å². The molecule has 0 fully saturated rings. The standard InChI is InChI=1S/C12H13N3S/c1-8-7-11(15-12(13)14-8)9-3-5-10(16-2)6-4-9/h3-7H,1-2H3,(H2,13,14,15). The van der Waals surface area contributed by atoms with Crippen LogP contribution in [0.4, 0.5) is 5.95 Å². The number of nitrogens with zero attached hydrogens (tertiary/aromatic N) is 2. The van der Waals surface area contributed by atoms with Crippen molar-refractivity contribution < 1.29 is 0 Å². The summed E-state index contributed by atoms with van der Waals surface area (Å²) in [5, 5.41) is 0. The van der Waals surface area contributed by atoms with E-state index in [9.17, 15) is 0 Å². The van der Waals surface area contributed by atoms with E-state index in [0.717, 1.165) is 17.0 Å². The monoisotopic (exact) mass is 231 g/mol. The Morgan fingerprint density at radius 2 is 1.81 bits per heavy atom. The second-order valence-electron chi connectivity index (χ2n) is 3.48. The Morgan fingerprint density at radius 1 is 1.12 bits per heavy atom. The highest BCUT2D eigenvalue weighted by Gasteiger charge is 2.02. The normalized spacial score (nSPS) is 10.4. The lowest BCUT2D eigenvalue weighted by molar-refractivity contribution is 1.12. The van der Waals surface area contributed by atoms with Gasteiger partial charge in [-0.3, -0.25) is 0 Å². The zero-order valence-corrected chi connectivity index (χ0v) is 10.1. The van der Waals surface area contributed by atoms with Crippen LogP contribution in [0.25, 0.3) is 11.3 Å². The molecule has 0 aliphatic carbocycles. The molecule has 4 heteroatoms. The van der Waals surface area contributed by atoms with Gasteiger partial charge in [-0.05, 0) is 31.4 Å². The number of nitrogens with two attached hydrogens (primary N) is 1. The smallest absolute Gasteiger partial charge is 0.220 e. The molecule has 1 aromatic carbocycles. The fourth-order valence-electron chi connectivity index (χ4n) is 1.50. The van der Waals surface area contributed by atoms with E-state index in [1.54, 1.807) is 11.8 Å². The van der Waals surface area contributed by atoms with Gasteiger partial charge in [0.1, 0.15) is 0 Å². The molecule has 2 aromatic rings. The number of aryl methyl sites for hydroxylation is 1. The summed E-state index contributed by atoms with van der Waals surface area (Å²) >= 11 is 1.72. The van der Waals surface area contributed by atoms with Gasteiger partial charge in [0, 0.05) is 16.2 Å². The second-order valence-corrected chi connectivity index (χ2v) is 4.36. The Bertz CT molecular complexity index is 474. The SMILES string of the molecule is CSc1ccc(-c2cc(C)nc(N)n2)cc1. The summed E-state index contributed by atoms with van der Waals surface area (Å²) < 4.78 is 0. The molecule has 3 nitrogen and oxygen atoms in total. The summed E-state index contributed by atoms with van der Waals surface area (Å²) in [5.41, 5.74) is 8.45. The fourth-order valence-corrected chi connectivity index (χ4v) is 1.91. The summed E-state index contributed by atoms with van der Waals surface area (Å²) in [4.78, 5) is 9.51. The average molecular weight is 231 g/mol. The van der Waals surface area contributed by atoms with Gasteiger partial charge in [0.15, 0.2) is 0 Å². The highest BCUT2D eigenvalue weighted by Crippen LogP contribution is 2.22. The van der Waals surface area contributed by atoms with Crippen LogP contribution in [-0.4, -0.2) is 16.2 Å². The number of aromatic nitrogens is 2. The Morgan fingerprint density at radius 3 is 2.38 bits per heavy atom. The molecule has 0 unspecified atom stereocenters. The van der Waals surface area contributed by atoms with Gasteiger partial charge in [0.05, 0.1) is 5.69 Å². The number of benzene rings is 1. The predicted octanol–water partition coefficient (Wildman–Crippen LogP) is 2.76. The molecular formula is C12H13N3S. The summed E-state index contributed by atoms with van der Waals surface area (Å²) in [6.07, 6.45) is 2.06. The molecule has 0 aliphatic heterocycles. The molecule has 2 N–H and O–H groups in total. The van der Waals surface area contributed by atoms with Crippen LogP contribution in [0.15, 0.2) is 35.2 Å². The quantitative estimate of drug-likeness (QED) is 0.807.